The predicted molar refractivity (Wildman–Crippen MR) is 546 cm³/mol. The minimum absolute atomic E-state index is 0.833. The summed E-state index contributed by atoms with van der Waals surface area (Å²) in [6.45, 7) is 60.0. The molecule has 0 spiro atoms. The molecule has 0 aromatic heterocycles. The molecule has 117 heavy (non-hydrogen) atoms. The van der Waals surface area contributed by atoms with Gasteiger partial charge in [0.05, 0.1) is 0 Å². The van der Waals surface area contributed by atoms with E-state index in [1.165, 1.54) is 87.1 Å². The third-order valence-corrected chi connectivity index (χ3v) is 15.6. The molecule has 15 rings (SSSR count). The average Bonchev–Trinajstić information content (AvgIpc) is 1.62. The fourth-order valence-corrected chi connectivity index (χ4v) is 10.7. The Morgan fingerprint density at radius 2 is 0.325 bits per heavy atom. The SMILES string of the molecule is C1CC2C3CCC(C3)C2C1.CC.CC.CC.CC.CC.CC.CC.CC.CC(C)C.CCC.CCC.CCC.CCc1ccc(-c2ccc(CC)cc2)cc1.CCc1ccc(CC)cc1.c1ccc2ccccc2c1.c1ccccc1.c1ccccc1.c1ccccc1.c1ccccc1.c1ccccc1.c1ccccc1.c1ccccc1. The van der Waals surface area contributed by atoms with E-state index < -0.39 is 0 Å². The maximum absolute atomic E-state index is 2.21. The van der Waals surface area contributed by atoms with Crippen LogP contribution in [0.4, 0.5) is 0 Å². The third kappa shape index (κ3) is 81.8. The second kappa shape index (κ2) is 109. The van der Waals surface area contributed by atoms with Crippen molar-refractivity contribution in [1.82, 2.24) is 0 Å². The first kappa shape index (κ1) is 124. The summed E-state index contributed by atoms with van der Waals surface area (Å²) in [5, 5.41) is 2.62. The van der Waals surface area contributed by atoms with Gasteiger partial charge in [0.25, 0.3) is 0 Å². The Morgan fingerprint density at radius 3 is 0.453 bits per heavy atom. The van der Waals surface area contributed by atoms with Crippen LogP contribution in [0, 0.1) is 29.6 Å². The highest BCUT2D eigenvalue weighted by molar-refractivity contribution is 5.82. The van der Waals surface area contributed by atoms with Crippen molar-refractivity contribution in [2.24, 2.45) is 29.6 Å². The summed E-state index contributed by atoms with van der Waals surface area (Å²) in [6.07, 6.45) is 17.8. The molecule has 0 aliphatic heterocycles. The molecule has 3 saturated carbocycles. The fraction of sp³-hybridized carbons (Fsp3) is 0.402. The molecular formula is C117H180. The quantitative estimate of drug-likeness (QED) is 0.161. The second-order valence-electron chi connectivity index (χ2n) is 25.5. The summed E-state index contributed by atoms with van der Waals surface area (Å²) in [5.74, 6) is 5.63. The van der Waals surface area contributed by atoms with Gasteiger partial charge in [0.15, 0.2) is 0 Å². The van der Waals surface area contributed by atoms with Gasteiger partial charge in [-0.2, -0.15) is 0 Å². The van der Waals surface area contributed by atoms with E-state index in [1.54, 1.807) is 38.5 Å². The minimum atomic E-state index is 0.833. The third-order valence-electron chi connectivity index (χ3n) is 15.6. The molecule has 3 fully saturated rings. The van der Waals surface area contributed by atoms with Gasteiger partial charge in [0.1, 0.15) is 0 Å². The van der Waals surface area contributed by atoms with Gasteiger partial charge in [0, 0.05) is 0 Å². The molecule has 12 aromatic rings. The molecule has 4 atom stereocenters. The number of hydrogen-bond donors (Lipinski definition) is 0. The molecule has 0 N–H and O–H groups in total. The maximum Gasteiger partial charge on any atom is -0.0184 e. The molecule has 0 nitrogen and oxygen atoms in total. The van der Waals surface area contributed by atoms with Crippen LogP contribution in [0.1, 0.15) is 281 Å². The highest BCUT2D eigenvalue weighted by atomic mass is 14.5. The van der Waals surface area contributed by atoms with E-state index in [0.717, 1.165) is 31.6 Å². The molecule has 3 aliphatic rings. The molecule has 0 heteroatoms. The first-order valence-electron chi connectivity index (χ1n) is 46.3. The van der Waals surface area contributed by atoms with Crippen LogP contribution in [-0.4, -0.2) is 0 Å². The first-order chi connectivity index (χ1) is 57.6. The van der Waals surface area contributed by atoms with Crippen LogP contribution in [0.2, 0.25) is 0 Å². The van der Waals surface area contributed by atoms with Crippen molar-refractivity contribution in [3.63, 3.8) is 0 Å². The van der Waals surface area contributed by atoms with Gasteiger partial charge >= 0.3 is 0 Å². The van der Waals surface area contributed by atoms with Crippen molar-refractivity contribution in [2.75, 3.05) is 0 Å². The summed E-state index contributed by atoms with van der Waals surface area (Å²) < 4.78 is 0. The molecule has 4 unspecified atom stereocenters. The van der Waals surface area contributed by atoms with Crippen molar-refractivity contribution in [1.29, 1.82) is 0 Å². The number of rotatable bonds is 5. The van der Waals surface area contributed by atoms with E-state index in [1.807, 2.05) is 366 Å². The molecule has 2 bridgehead atoms. The molecule has 0 saturated heterocycles. The average molecular weight is 1590 g/mol. The van der Waals surface area contributed by atoms with E-state index in [2.05, 4.69) is 211 Å². The number of benzene rings is 12. The topological polar surface area (TPSA) is 0 Å². The Kier molecular flexibility index (Phi) is 115. The van der Waals surface area contributed by atoms with Crippen molar-refractivity contribution < 1.29 is 0 Å². The molecular weight excluding hydrogens is 1410 g/mol. The zero-order valence-corrected chi connectivity index (χ0v) is 80.9. The Balaban J connectivity index is -0.000000182. The predicted octanol–water partition coefficient (Wildman–Crippen LogP) is 38.9. The van der Waals surface area contributed by atoms with E-state index in [4.69, 9.17) is 0 Å². The van der Waals surface area contributed by atoms with Crippen molar-refractivity contribution in [3.8, 4) is 11.1 Å². The van der Waals surface area contributed by atoms with Crippen LogP contribution >= 0.6 is 0 Å². The lowest BCUT2D eigenvalue weighted by Crippen LogP contribution is -2.15. The number of aryl methyl sites for hydroxylation is 4. The normalized spacial score (nSPS) is 12.1. The smallest absolute Gasteiger partial charge is 0.0184 e. The Bertz CT molecular complexity index is 2810. The van der Waals surface area contributed by atoms with Crippen LogP contribution in [-0.2, 0) is 25.7 Å². The van der Waals surface area contributed by atoms with E-state index in [0.29, 0.717) is 0 Å². The van der Waals surface area contributed by atoms with E-state index in [-0.39, 0.29) is 0 Å². The van der Waals surface area contributed by atoms with Crippen molar-refractivity contribution in [3.05, 3.63) is 398 Å². The Labute approximate surface area is 729 Å². The summed E-state index contributed by atoms with van der Waals surface area (Å²) in [4.78, 5) is 0. The van der Waals surface area contributed by atoms with Gasteiger partial charge in [-0.3, -0.25) is 0 Å². The first-order valence-corrected chi connectivity index (χ1v) is 46.3. The van der Waals surface area contributed by atoms with Crippen LogP contribution in [0.5, 0.6) is 0 Å². The monoisotopic (exact) mass is 1590 g/mol. The fourth-order valence-electron chi connectivity index (χ4n) is 10.7. The van der Waals surface area contributed by atoms with Gasteiger partial charge in [-0.25, -0.2) is 0 Å². The van der Waals surface area contributed by atoms with Gasteiger partial charge < -0.3 is 0 Å². The summed E-state index contributed by atoms with van der Waals surface area (Å²) >= 11 is 0. The van der Waals surface area contributed by atoms with E-state index in [9.17, 15) is 0 Å². The Hall–Kier alpha value is -9.10. The number of hydrogen-bond acceptors (Lipinski definition) is 0. The van der Waals surface area contributed by atoms with Crippen LogP contribution in [0.3, 0.4) is 0 Å². The highest BCUT2D eigenvalue weighted by Gasteiger charge is 2.48. The molecule has 0 radical (unpaired) electrons. The van der Waals surface area contributed by atoms with Crippen LogP contribution in [0.25, 0.3) is 21.9 Å². The summed E-state index contributed by atoms with van der Waals surface area (Å²) in [7, 11) is 0. The van der Waals surface area contributed by atoms with Crippen LogP contribution in [0.15, 0.2) is 376 Å². The standard InChI is InChI=1S/C16H18.C10H16.C10H8.C10H14.7C6H6.C4H10.3C3H8.8C2H6/c1-3-13-5-9-15(10-6-13)16-11-7-14(4-2)8-12-16;1-2-9-7-4-5-8(6-7)10(9)3-1;1-2-6-10-8-4-3-7-9(10)5-1;1-3-9-5-7-10(4-2)8-6-9;7*1-2-4-6-5-3-1;1-4(2)3;3*1-3-2;8*1-2/h5-12H,3-4H2,1-2H3;7-10H,1-6H2;1-8H;5-8H,3-4H2,1-2H3;7*1-6H;4H,1-3H3;3*3H2,1-2H3;8*1-2H3. The molecule has 12 aromatic carbocycles. The maximum atomic E-state index is 2.21. The zero-order valence-electron chi connectivity index (χ0n) is 80.9. The lowest BCUT2D eigenvalue weighted by molar-refractivity contribution is 0.259. The largest absolute Gasteiger partial charge is 0.0683 e. The lowest BCUT2D eigenvalue weighted by Gasteiger charge is -2.23. The molecule has 0 amide bonds. The highest BCUT2D eigenvalue weighted by Crippen LogP contribution is 2.58. The number of fused-ring (bicyclic) bond motifs is 6. The minimum Gasteiger partial charge on any atom is -0.0683 e. The van der Waals surface area contributed by atoms with Gasteiger partial charge in [-0.15, -0.1) is 0 Å². The lowest BCUT2D eigenvalue weighted by atomic mass is 9.82. The molecule has 0 heterocycles. The zero-order chi connectivity index (χ0) is 89.5. The molecule has 3 aliphatic carbocycles. The van der Waals surface area contributed by atoms with E-state index >= 15 is 0 Å². The molecule has 648 valence electrons. The summed E-state index contributed by atoms with van der Waals surface area (Å²) in [5.41, 5.74) is 8.26. The van der Waals surface area contributed by atoms with Crippen LogP contribution < -0.4 is 0 Å². The van der Waals surface area contributed by atoms with Gasteiger partial charge in [-0.1, -0.05) is 603 Å². The van der Waals surface area contributed by atoms with Gasteiger partial charge in [0.2, 0.25) is 0 Å². The van der Waals surface area contributed by atoms with Crippen molar-refractivity contribution in [2.45, 2.75) is 284 Å². The van der Waals surface area contributed by atoms with Gasteiger partial charge in [-0.05, 0) is 132 Å². The van der Waals surface area contributed by atoms with Crippen molar-refractivity contribution >= 4 is 10.8 Å². The summed E-state index contributed by atoms with van der Waals surface area (Å²) in [6, 6.07) is 127. The second-order valence-corrected chi connectivity index (χ2v) is 25.5. The Morgan fingerprint density at radius 1 is 0.197 bits per heavy atom.